The summed E-state index contributed by atoms with van der Waals surface area (Å²) in [7, 11) is 0. The molecule has 19 heavy (non-hydrogen) atoms. The quantitative estimate of drug-likeness (QED) is 0.815. The first kappa shape index (κ1) is 15.9. The molecule has 0 amide bonds. The standard InChI is InChI=1S/C15H27N3O/c1-7-16-13-9-12(10(3)4)17-15(18-13)14(11(5)6)19-8-2/h9-11,14H,7-8H2,1-6H3,(H,16,17,18). The SMILES string of the molecule is CCNc1cc(C(C)C)nc(C(OCC)C(C)C)n1. The van der Waals surface area contributed by atoms with Gasteiger partial charge in [-0.25, -0.2) is 9.97 Å². The number of hydrogen-bond donors (Lipinski definition) is 1. The summed E-state index contributed by atoms with van der Waals surface area (Å²) >= 11 is 0. The van der Waals surface area contributed by atoms with E-state index in [1.54, 1.807) is 0 Å². The molecule has 0 aliphatic rings. The van der Waals surface area contributed by atoms with E-state index in [1.807, 2.05) is 13.0 Å². The normalized spacial score (nSPS) is 13.1. The predicted molar refractivity (Wildman–Crippen MR) is 79.5 cm³/mol. The highest BCUT2D eigenvalue weighted by Gasteiger charge is 2.21. The zero-order valence-corrected chi connectivity index (χ0v) is 13.0. The third kappa shape index (κ3) is 4.46. The summed E-state index contributed by atoms with van der Waals surface area (Å²) in [4.78, 5) is 9.28. The van der Waals surface area contributed by atoms with E-state index in [4.69, 9.17) is 4.74 Å². The lowest BCUT2D eigenvalue weighted by atomic mass is 10.1. The minimum absolute atomic E-state index is 0.0406. The van der Waals surface area contributed by atoms with Crippen molar-refractivity contribution in [1.29, 1.82) is 0 Å². The van der Waals surface area contributed by atoms with E-state index >= 15 is 0 Å². The molecule has 0 aliphatic carbocycles. The van der Waals surface area contributed by atoms with Crippen molar-refractivity contribution in [2.45, 2.75) is 53.6 Å². The number of hydrogen-bond acceptors (Lipinski definition) is 4. The van der Waals surface area contributed by atoms with Crippen LogP contribution in [-0.2, 0) is 4.74 Å². The lowest BCUT2D eigenvalue weighted by molar-refractivity contribution is 0.0231. The number of nitrogens with zero attached hydrogens (tertiary/aromatic N) is 2. The van der Waals surface area contributed by atoms with Crippen LogP contribution >= 0.6 is 0 Å². The molecule has 0 saturated carbocycles. The fraction of sp³-hybridized carbons (Fsp3) is 0.733. The van der Waals surface area contributed by atoms with Crippen LogP contribution in [0.4, 0.5) is 5.82 Å². The maximum absolute atomic E-state index is 5.80. The van der Waals surface area contributed by atoms with E-state index in [1.165, 1.54) is 0 Å². The maximum atomic E-state index is 5.80. The second kappa shape index (κ2) is 7.43. The fourth-order valence-corrected chi connectivity index (χ4v) is 1.92. The number of nitrogens with one attached hydrogen (secondary N) is 1. The molecule has 1 aromatic heterocycles. The third-order valence-corrected chi connectivity index (χ3v) is 2.92. The van der Waals surface area contributed by atoms with Gasteiger partial charge >= 0.3 is 0 Å². The molecule has 1 N–H and O–H groups in total. The Labute approximate surface area is 117 Å². The van der Waals surface area contributed by atoms with Crippen molar-refractivity contribution >= 4 is 5.82 Å². The third-order valence-electron chi connectivity index (χ3n) is 2.92. The first-order valence-corrected chi connectivity index (χ1v) is 7.23. The van der Waals surface area contributed by atoms with Crippen LogP contribution in [0.1, 0.15) is 65.1 Å². The molecule has 0 fully saturated rings. The van der Waals surface area contributed by atoms with Crippen LogP contribution in [0, 0.1) is 5.92 Å². The summed E-state index contributed by atoms with van der Waals surface area (Å²) in [5, 5.41) is 3.27. The van der Waals surface area contributed by atoms with Crippen molar-refractivity contribution in [1.82, 2.24) is 9.97 Å². The van der Waals surface area contributed by atoms with Crippen molar-refractivity contribution in [3.8, 4) is 0 Å². The van der Waals surface area contributed by atoms with Crippen molar-refractivity contribution in [2.24, 2.45) is 5.92 Å². The molecule has 4 heteroatoms. The van der Waals surface area contributed by atoms with Crippen LogP contribution in [-0.4, -0.2) is 23.1 Å². The lowest BCUT2D eigenvalue weighted by Crippen LogP contribution is -2.17. The topological polar surface area (TPSA) is 47.0 Å². The highest BCUT2D eigenvalue weighted by molar-refractivity contribution is 5.37. The minimum Gasteiger partial charge on any atom is -0.370 e. The molecule has 1 aromatic rings. The first-order chi connectivity index (χ1) is 8.99. The summed E-state index contributed by atoms with van der Waals surface area (Å²) in [6.07, 6.45) is -0.0406. The summed E-state index contributed by atoms with van der Waals surface area (Å²) in [6, 6.07) is 2.03. The van der Waals surface area contributed by atoms with Crippen LogP contribution < -0.4 is 5.32 Å². The van der Waals surface area contributed by atoms with Crippen molar-refractivity contribution in [3.05, 3.63) is 17.6 Å². The van der Waals surface area contributed by atoms with Crippen molar-refractivity contribution in [2.75, 3.05) is 18.5 Å². The summed E-state index contributed by atoms with van der Waals surface area (Å²) in [6.45, 7) is 14.2. The van der Waals surface area contributed by atoms with Gasteiger partial charge in [0.15, 0.2) is 5.82 Å². The van der Waals surface area contributed by atoms with Gasteiger partial charge < -0.3 is 10.1 Å². The molecule has 0 aliphatic heterocycles. The van der Waals surface area contributed by atoms with Gasteiger partial charge in [-0.2, -0.15) is 0 Å². The molecule has 1 atom stereocenters. The monoisotopic (exact) mass is 265 g/mol. The highest BCUT2D eigenvalue weighted by atomic mass is 16.5. The molecule has 1 unspecified atom stereocenters. The van der Waals surface area contributed by atoms with Gasteiger partial charge in [0.05, 0.1) is 0 Å². The molecule has 1 rings (SSSR count). The van der Waals surface area contributed by atoms with Gasteiger partial charge in [-0.3, -0.25) is 0 Å². The first-order valence-electron chi connectivity index (χ1n) is 7.23. The minimum atomic E-state index is -0.0406. The Hall–Kier alpha value is -1.16. The average molecular weight is 265 g/mol. The van der Waals surface area contributed by atoms with Gasteiger partial charge in [0.25, 0.3) is 0 Å². The largest absolute Gasteiger partial charge is 0.370 e. The average Bonchev–Trinajstić information content (AvgIpc) is 2.35. The van der Waals surface area contributed by atoms with Crippen LogP contribution in [0.3, 0.4) is 0 Å². The Balaban J connectivity index is 3.15. The Morgan fingerprint density at radius 3 is 2.32 bits per heavy atom. The molecular formula is C15H27N3O. The Morgan fingerprint density at radius 2 is 1.84 bits per heavy atom. The second-order valence-electron chi connectivity index (χ2n) is 5.34. The van der Waals surface area contributed by atoms with Gasteiger partial charge in [0.2, 0.25) is 0 Å². The number of anilines is 1. The molecule has 0 saturated heterocycles. The number of aromatic nitrogens is 2. The summed E-state index contributed by atoms with van der Waals surface area (Å²) in [5.41, 5.74) is 1.06. The predicted octanol–water partition coefficient (Wildman–Crippen LogP) is 3.77. The van der Waals surface area contributed by atoms with Crippen LogP contribution in [0.2, 0.25) is 0 Å². The van der Waals surface area contributed by atoms with Gasteiger partial charge in [-0.15, -0.1) is 0 Å². The van der Waals surface area contributed by atoms with Gasteiger partial charge in [-0.1, -0.05) is 27.7 Å². The van der Waals surface area contributed by atoms with Crippen LogP contribution in [0.15, 0.2) is 6.07 Å². The number of rotatable bonds is 7. The van der Waals surface area contributed by atoms with Gasteiger partial charge in [0.1, 0.15) is 11.9 Å². The molecule has 4 nitrogen and oxygen atoms in total. The molecule has 0 spiro atoms. The Kier molecular flexibility index (Phi) is 6.22. The van der Waals surface area contributed by atoms with Crippen molar-refractivity contribution < 1.29 is 4.74 Å². The van der Waals surface area contributed by atoms with E-state index in [-0.39, 0.29) is 6.10 Å². The molecule has 108 valence electrons. The van der Waals surface area contributed by atoms with Crippen LogP contribution in [0.25, 0.3) is 0 Å². The van der Waals surface area contributed by atoms with Crippen molar-refractivity contribution in [3.63, 3.8) is 0 Å². The maximum Gasteiger partial charge on any atom is 0.160 e. The second-order valence-corrected chi connectivity index (χ2v) is 5.34. The Bertz CT molecular complexity index is 391. The van der Waals surface area contributed by atoms with E-state index < -0.39 is 0 Å². The molecular weight excluding hydrogens is 238 g/mol. The van der Waals surface area contributed by atoms with E-state index in [9.17, 15) is 0 Å². The van der Waals surface area contributed by atoms with Crippen LogP contribution in [0.5, 0.6) is 0 Å². The lowest BCUT2D eigenvalue weighted by Gasteiger charge is -2.21. The van der Waals surface area contributed by atoms with Gasteiger partial charge in [0, 0.05) is 24.9 Å². The van der Waals surface area contributed by atoms with E-state index in [2.05, 4.69) is 49.9 Å². The van der Waals surface area contributed by atoms with E-state index in [0.717, 1.165) is 23.9 Å². The zero-order valence-electron chi connectivity index (χ0n) is 13.0. The summed E-state index contributed by atoms with van der Waals surface area (Å²) < 4.78 is 5.80. The zero-order chi connectivity index (χ0) is 14.4. The van der Waals surface area contributed by atoms with E-state index in [0.29, 0.717) is 18.4 Å². The summed E-state index contributed by atoms with van der Waals surface area (Å²) in [5.74, 6) is 2.42. The molecule has 1 heterocycles. The molecule has 0 bridgehead atoms. The highest BCUT2D eigenvalue weighted by Crippen LogP contribution is 2.26. The molecule has 0 radical (unpaired) electrons. The Morgan fingerprint density at radius 1 is 1.16 bits per heavy atom. The number of ether oxygens (including phenoxy) is 1. The fourth-order valence-electron chi connectivity index (χ4n) is 1.92. The smallest absolute Gasteiger partial charge is 0.160 e. The molecule has 0 aromatic carbocycles. The van der Waals surface area contributed by atoms with Gasteiger partial charge in [-0.05, 0) is 25.7 Å².